The molecule has 0 radical (unpaired) electrons. The van der Waals surface area contributed by atoms with Gasteiger partial charge in [-0.05, 0) is 26.0 Å². The molecule has 0 saturated carbocycles. The predicted octanol–water partition coefficient (Wildman–Crippen LogP) is 3.73. The Morgan fingerprint density at radius 1 is 1.08 bits per heavy atom. The van der Waals surface area contributed by atoms with Crippen molar-refractivity contribution in [1.29, 1.82) is 0 Å². The highest BCUT2D eigenvalue weighted by Crippen LogP contribution is 2.22. The molecule has 3 aromatic rings. The van der Waals surface area contributed by atoms with Gasteiger partial charge in [-0.25, -0.2) is 0 Å². The minimum Gasteiger partial charge on any atom is -0.476 e. The van der Waals surface area contributed by atoms with E-state index in [0.29, 0.717) is 18.1 Å². The maximum absolute atomic E-state index is 12.8. The van der Waals surface area contributed by atoms with Crippen LogP contribution in [0.4, 0.5) is 0 Å². The van der Waals surface area contributed by atoms with Crippen molar-refractivity contribution in [3.63, 3.8) is 0 Å². The van der Waals surface area contributed by atoms with E-state index in [9.17, 15) is 4.79 Å². The van der Waals surface area contributed by atoms with Crippen LogP contribution in [-0.2, 0) is 11.3 Å². The number of ether oxygens (including phenoxy) is 1. The molecule has 1 atom stereocenters. The molecule has 1 amide bonds. The topological polar surface area (TPSA) is 64.4 Å². The Hall–Kier alpha value is -3.08. The first-order valence-corrected chi connectivity index (χ1v) is 8.11. The van der Waals surface area contributed by atoms with Gasteiger partial charge in [-0.2, -0.15) is 0 Å². The zero-order valence-electron chi connectivity index (χ0n) is 14.2. The van der Waals surface area contributed by atoms with E-state index >= 15 is 0 Å². The van der Waals surface area contributed by atoms with Crippen molar-refractivity contribution in [1.82, 2.24) is 10.5 Å². The summed E-state index contributed by atoms with van der Waals surface area (Å²) in [5.74, 6) is 1.14. The molecule has 5 heteroatoms. The van der Waals surface area contributed by atoms with Crippen molar-refractivity contribution in [2.75, 3.05) is 0 Å². The Kier molecular flexibility index (Phi) is 5.14. The number of rotatable bonds is 6. The van der Waals surface area contributed by atoms with E-state index < -0.39 is 6.10 Å². The van der Waals surface area contributed by atoms with Gasteiger partial charge in [-0.15, -0.1) is 0 Å². The lowest BCUT2D eigenvalue weighted by atomic mass is 10.1. The van der Waals surface area contributed by atoms with Gasteiger partial charge in [0.25, 0.3) is 5.91 Å². The molecule has 0 aliphatic carbocycles. The Morgan fingerprint density at radius 3 is 2.32 bits per heavy atom. The molecule has 2 aromatic carbocycles. The van der Waals surface area contributed by atoms with Gasteiger partial charge >= 0.3 is 0 Å². The van der Waals surface area contributed by atoms with E-state index in [1.807, 2.05) is 74.5 Å². The molecule has 128 valence electrons. The number of nitrogens with one attached hydrogen (secondary N) is 1. The zero-order chi connectivity index (χ0) is 17.6. The predicted molar refractivity (Wildman–Crippen MR) is 94.1 cm³/mol. The summed E-state index contributed by atoms with van der Waals surface area (Å²) < 4.78 is 11.1. The van der Waals surface area contributed by atoms with Gasteiger partial charge in [0.15, 0.2) is 0 Å². The summed E-state index contributed by atoms with van der Waals surface area (Å²) in [5.41, 5.74) is 2.46. The number of amides is 1. The maximum atomic E-state index is 12.8. The molecule has 0 spiro atoms. The standard InChI is InChI=1S/C20H20N2O3/c1-14-18(15(2)25-22-14)13-21-20(23)19(16-9-5-3-6-10-16)24-17-11-7-4-8-12-17/h3-12,19H,13H2,1-2H3,(H,21,23). The average Bonchev–Trinajstić information content (AvgIpc) is 2.97. The molecule has 1 aromatic heterocycles. The molecule has 0 aliphatic rings. The van der Waals surface area contributed by atoms with Crippen LogP contribution in [-0.4, -0.2) is 11.1 Å². The minimum absolute atomic E-state index is 0.213. The van der Waals surface area contributed by atoms with Gasteiger partial charge in [0, 0.05) is 17.7 Å². The minimum atomic E-state index is -0.732. The van der Waals surface area contributed by atoms with E-state index in [1.165, 1.54) is 0 Å². The lowest BCUT2D eigenvalue weighted by Crippen LogP contribution is -2.32. The van der Waals surface area contributed by atoms with Gasteiger partial charge in [-0.1, -0.05) is 53.7 Å². The molecular formula is C20H20N2O3. The second-order valence-electron chi connectivity index (χ2n) is 5.74. The zero-order valence-corrected chi connectivity index (χ0v) is 14.2. The molecule has 1 heterocycles. The Morgan fingerprint density at radius 2 is 1.72 bits per heavy atom. The van der Waals surface area contributed by atoms with Crippen LogP contribution in [0.5, 0.6) is 5.75 Å². The van der Waals surface area contributed by atoms with Gasteiger partial charge in [0.2, 0.25) is 6.10 Å². The molecular weight excluding hydrogens is 316 g/mol. The maximum Gasteiger partial charge on any atom is 0.266 e. The Balaban J connectivity index is 1.77. The van der Waals surface area contributed by atoms with E-state index in [-0.39, 0.29) is 5.91 Å². The largest absolute Gasteiger partial charge is 0.476 e. The van der Waals surface area contributed by atoms with Crippen molar-refractivity contribution in [2.45, 2.75) is 26.5 Å². The lowest BCUT2D eigenvalue weighted by molar-refractivity contribution is -0.128. The first-order valence-electron chi connectivity index (χ1n) is 8.11. The monoisotopic (exact) mass is 336 g/mol. The van der Waals surface area contributed by atoms with Crippen LogP contribution in [0.2, 0.25) is 0 Å². The number of carbonyl (C=O) groups is 1. The molecule has 25 heavy (non-hydrogen) atoms. The van der Waals surface area contributed by atoms with Crippen LogP contribution in [0.3, 0.4) is 0 Å². The van der Waals surface area contributed by atoms with Gasteiger partial charge < -0.3 is 14.6 Å². The summed E-state index contributed by atoms with van der Waals surface area (Å²) in [6.45, 7) is 4.03. The summed E-state index contributed by atoms with van der Waals surface area (Å²) in [6, 6.07) is 18.8. The van der Waals surface area contributed by atoms with Crippen molar-refractivity contribution < 1.29 is 14.1 Å². The highest BCUT2D eigenvalue weighted by molar-refractivity contribution is 5.82. The molecule has 1 N–H and O–H groups in total. The second kappa shape index (κ2) is 7.66. The number of hydrogen-bond acceptors (Lipinski definition) is 4. The van der Waals surface area contributed by atoms with E-state index in [0.717, 1.165) is 16.8 Å². The van der Waals surface area contributed by atoms with Gasteiger partial charge in [-0.3, -0.25) is 4.79 Å². The average molecular weight is 336 g/mol. The van der Waals surface area contributed by atoms with Crippen LogP contribution in [0, 0.1) is 13.8 Å². The number of para-hydroxylation sites is 1. The fraction of sp³-hybridized carbons (Fsp3) is 0.200. The lowest BCUT2D eigenvalue weighted by Gasteiger charge is -2.19. The van der Waals surface area contributed by atoms with E-state index in [4.69, 9.17) is 9.26 Å². The van der Waals surface area contributed by atoms with Gasteiger partial charge in [0.05, 0.1) is 5.69 Å². The molecule has 1 unspecified atom stereocenters. The normalized spacial score (nSPS) is 11.8. The quantitative estimate of drug-likeness (QED) is 0.745. The number of nitrogens with zero attached hydrogens (tertiary/aromatic N) is 1. The van der Waals surface area contributed by atoms with Gasteiger partial charge in [0.1, 0.15) is 11.5 Å². The summed E-state index contributed by atoms with van der Waals surface area (Å²) in [4.78, 5) is 12.8. The van der Waals surface area contributed by atoms with Crippen LogP contribution in [0.25, 0.3) is 0 Å². The number of benzene rings is 2. The number of carbonyl (C=O) groups excluding carboxylic acids is 1. The summed E-state index contributed by atoms with van der Waals surface area (Å²) in [7, 11) is 0. The van der Waals surface area contributed by atoms with Crippen LogP contribution in [0.1, 0.15) is 28.7 Å². The Labute approximate surface area is 146 Å². The third-order valence-electron chi connectivity index (χ3n) is 3.96. The highest BCUT2D eigenvalue weighted by Gasteiger charge is 2.23. The van der Waals surface area contributed by atoms with Crippen LogP contribution in [0.15, 0.2) is 65.2 Å². The molecule has 0 saturated heterocycles. The van der Waals surface area contributed by atoms with E-state index in [1.54, 1.807) is 0 Å². The summed E-state index contributed by atoms with van der Waals surface area (Å²) >= 11 is 0. The molecule has 0 fully saturated rings. The molecule has 0 bridgehead atoms. The highest BCUT2D eigenvalue weighted by atomic mass is 16.5. The number of aryl methyl sites for hydroxylation is 2. The SMILES string of the molecule is Cc1noc(C)c1CNC(=O)C(Oc1ccccc1)c1ccccc1. The van der Waals surface area contributed by atoms with Crippen molar-refractivity contribution in [2.24, 2.45) is 0 Å². The molecule has 3 rings (SSSR count). The smallest absolute Gasteiger partial charge is 0.266 e. The van der Waals surface area contributed by atoms with Crippen LogP contribution < -0.4 is 10.1 Å². The fourth-order valence-electron chi connectivity index (χ4n) is 2.56. The molecule has 5 nitrogen and oxygen atoms in total. The molecule has 0 aliphatic heterocycles. The third kappa shape index (κ3) is 4.07. The van der Waals surface area contributed by atoms with Crippen molar-refractivity contribution in [3.8, 4) is 5.75 Å². The van der Waals surface area contributed by atoms with E-state index in [2.05, 4.69) is 10.5 Å². The summed E-state index contributed by atoms with van der Waals surface area (Å²) in [6.07, 6.45) is -0.732. The first-order chi connectivity index (χ1) is 12.1. The second-order valence-corrected chi connectivity index (χ2v) is 5.74. The number of aromatic nitrogens is 1. The third-order valence-corrected chi connectivity index (χ3v) is 3.96. The number of hydrogen-bond donors (Lipinski definition) is 1. The summed E-state index contributed by atoms with van der Waals surface area (Å²) in [5, 5.41) is 6.83. The fourth-order valence-corrected chi connectivity index (χ4v) is 2.56. The van der Waals surface area contributed by atoms with Crippen molar-refractivity contribution >= 4 is 5.91 Å². The Bertz CT molecular complexity index is 809. The van der Waals surface area contributed by atoms with Crippen LogP contribution >= 0.6 is 0 Å². The van der Waals surface area contributed by atoms with Crippen molar-refractivity contribution in [3.05, 3.63) is 83.2 Å². The first kappa shape index (κ1) is 16.8.